The van der Waals surface area contributed by atoms with Crippen molar-refractivity contribution in [2.45, 2.75) is 192 Å². The molecule has 329 valence electrons. The molecule has 4 fully saturated rings. The lowest BCUT2D eigenvalue weighted by Gasteiger charge is -2.70. The van der Waals surface area contributed by atoms with E-state index in [0.717, 1.165) is 47.4 Å². The quantitative estimate of drug-likeness (QED) is 0.0906. The SMILES string of the molecule is C=CC1O[C@@H]2C3=C(C)[C@@H](O[Si](CC)(CC)CC)C[C@@](O[Si](C)C)([C@@H](OC(=O)c4ccccc4)[C@@H]4[C@]5(OC(C)=O)CO[C@@H]5C[C@H](O[Si](CC)(CC)CC)[C@@]4(C)[C@@H]2O1)C3(C)C. The number of ether oxygens (including phenoxy) is 5. The second-order valence-electron chi connectivity index (χ2n) is 18.9. The summed E-state index contributed by atoms with van der Waals surface area (Å²) in [7, 11) is -6.09. The summed E-state index contributed by atoms with van der Waals surface area (Å²) in [5, 5.41) is 0. The molecule has 10 nitrogen and oxygen atoms in total. The molecule has 3 aliphatic carbocycles. The van der Waals surface area contributed by atoms with Crippen molar-refractivity contribution in [1.29, 1.82) is 0 Å². The fourth-order valence-corrected chi connectivity index (χ4v) is 19.1. The first-order valence-electron chi connectivity index (χ1n) is 22.4. The number of hydrogen-bond acceptors (Lipinski definition) is 10. The zero-order valence-electron chi connectivity index (χ0n) is 38.2. The number of fused-ring (bicyclic) bond motifs is 8. The second kappa shape index (κ2) is 17.3. The Hall–Kier alpha value is -1.95. The molecule has 0 aromatic heterocycles. The molecule has 2 saturated heterocycles. The molecule has 0 amide bonds. The molecule has 1 aromatic carbocycles. The first-order valence-corrected chi connectivity index (χ1v) is 29.9. The van der Waals surface area contributed by atoms with Gasteiger partial charge in [-0.25, -0.2) is 4.79 Å². The standard InChI is InChI=1S/C46H73O10Si3/c1-15-36-50-38-37-30(8)33(54-58(16-2,17-3)18-4)28-46(43(37,10)11,56-57(13)14)41(52-42(48)32-25-23-22-24-26-32)39-44(12,40(38)51-36)34(55-59(19-5,20-6)21-7)27-35-45(39,29-49-35)53-31(9)47/h15,22-26,33-36,38-41H,1,16-21,27-29H2,2-14H3/t33-,34-,35+,36?,38+,39-,40+,41-,44+,45-,46+/m0/s1. The van der Waals surface area contributed by atoms with E-state index in [-0.39, 0.29) is 12.7 Å². The topological polar surface area (TPSA) is 108 Å². The van der Waals surface area contributed by atoms with E-state index in [9.17, 15) is 9.59 Å². The molecule has 2 saturated carbocycles. The van der Waals surface area contributed by atoms with E-state index in [1.807, 2.05) is 18.2 Å². The van der Waals surface area contributed by atoms with Gasteiger partial charge in [-0.15, -0.1) is 0 Å². The number of carbonyl (C=O) groups excluding carboxylic acids is 2. The van der Waals surface area contributed by atoms with Gasteiger partial charge in [0.15, 0.2) is 28.5 Å². The van der Waals surface area contributed by atoms with Gasteiger partial charge in [0.05, 0.1) is 36.4 Å². The van der Waals surface area contributed by atoms with Crippen molar-refractivity contribution in [2.24, 2.45) is 16.7 Å². The van der Waals surface area contributed by atoms with Crippen LogP contribution in [0.15, 0.2) is 54.1 Å². The Kier molecular flexibility index (Phi) is 13.7. The van der Waals surface area contributed by atoms with Gasteiger partial charge in [-0.3, -0.25) is 4.79 Å². The van der Waals surface area contributed by atoms with E-state index in [1.165, 1.54) is 6.92 Å². The summed E-state index contributed by atoms with van der Waals surface area (Å²) in [4.78, 5) is 28.6. The van der Waals surface area contributed by atoms with Crippen LogP contribution in [0, 0.1) is 16.7 Å². The van der Waals surface area contributed by atoms with Crippen LogP contribution >= 0.6 is 0 Å². The van der Waals surface area contributed by atoms with Crippen LogP contribution in [-0.4, -0.2) is 98.3 Å². The van der Waals surface area contributed by atoms with Gasteiger partial charge in [0, 0.05) is 30.6 Å². The Balaban J connectivity index is 1.76. The fraction of sp³-hybridized carbons (Fsp3) is 0.739. The molecular formula is C46H73O10Si3. The molecule has 5 aliphatic rings. The number of benzene rings is 1. The second-order valence-corrected chi connectivity index (χ2v) is 30.3. The summed E-state index contributed by atoms with van der Waals surface area (Å²) in [6.45, 7) is 32.4. The summed E-state index contributed by atoms with van der Waals surface area (Å²) in [5.74, 6) is -1.60. The van der Waals surface area contributed by atoms with E-state index < -0.39 is 102 Å². The van der Waals surface area contributed by atoms with Crippen molar-refractivity contribution in [3.05, 3.63) is 59.7 Å². The molecule has 1 unspecified atom stereocenters. The summed E-state index contributed by atoms with van der Waals surface area (Å²) in [6.07, 6.45) is -1.54. The van der Waals surface area contributed by atoms with E-state index in [2.05, 4.69) is 88.9 Å². The highest BCUT2D eigenvalue weighted by atomic mass is 28.4. The molecular weight excluding hydrogens is 797 g/mol. The maximum atomic E-state index is 15.0. The fourth-order valence-electron chi connectivity index (χ4n) is 12.1. The van der Waals surface area contributed by atoms with Gasteiger partial charge in [0.2, 0.25) is 9.04 Å². The third-order valence-corrected chi connectivity index (χ3v) is 25.9. The van der Waals surface area contributed by atoms with E-state index >= 15 is 0 Å². The minimum Gasteiger partial charge on any atom is -0.455 e. The van der Waals surface area contributed by atoms with Gasteiger partial charge in [-0.2, -0.15) is 0 Å². The minimum atomic E-state index is -2.32. The van der Waals surface area contributed by atoms with Crippen molar-refractivity contribution < 1.29 is 46.6 Å². The molecule has 2 bridgehead atoms. The van der Waals surface area contributed by atoms with Crippen molar-refractivity contribution in [1.82, 2.24) is 0 Å². The van der Waals surface area contributed by atoms with E-state index in [1.54, 1.807) is 18.2 Å². The minimum absolute atomic E-state index is 0.135. The normalized spacial score (nSPS) is 36.4. The molecule has 11 atom stereocenters. The van der Waals surface area contributed by atoms with Gasteiger partial charge in [0.1, 0.15) is 23.9 Å². The molecule has 0 N–H and O–H groups in total. The van der Waals surface area contributed by atoms with Gasteiger partial charge in [0.25, 0.3) is 0 Å². The predicted octanol–water partition coefficient (Wildman–Crippen LogP) is 9.78. The predicted molar refractivity (Wildman–Crippen MR) is 236 cm³/mol. The maximum absolute atomic E-state index is 15.0. The third kappa shape index (κ3) is 7.47. The average Bonchev–Trinajstić information content (AvgIpc) is 3.64. The van der Waals surface area contributed by atoms with Crippen LogP contribution in [0.3, 0.4) is 0 Å². The number of rotatable bonds is 16. The van der Waals surface area contributed by atoms with Crippen LogP contribution in [0.25, 0.3) is 0 Å². The zero-order chi connectivity index (χ0) is 43.3. The Morgan fingerprint density at radius 1 is 0.915 bits per heavy atom. The Bertz CT molecular complexity index is 1710. The molecule has 1 aromatic rings. The Labute approximate surface area is 358 Å². The third-order valence-electron chi connectivity index (χ3n) is 15.8. The average molecular weight is 870 g/mol. The highest BCUT2D eigenvalue weighted by molar-refractivity contribution is 6.74. The lowest BCUT2D eigenvalue weighted by Crippen LogP contribution is -2.83. The first-order chi connectivity index (χ1) is 27.9. The molecule has 59 heavy (non-hydrogen) atoms. The van der Waals surface area contributed by atoms with Gasteiger partial charge >= 0.3 is 11.9 Å². The number of carbonyl (C=O) groups is 2. The van der Waals surface area contributed by atoms with Crippen LogP contribution in [-0.2, 0) is 41.8 Å². The molecule has 6 rings (SSSR count). The highest BCUT2D eigenvalue weighted by Gasteiger charge is 2.80. The van der Waals surface area contributed by atoms with Crippen LogP contribution in [0.4, 0.5) is 0 Å². The smallest absolute Gasteiger partial charge is 0.338 e. The monoisotopic (exact) mass is 869 g/mol. The van der Waals surface area contributed by atoms with Crippen LogP contribution in [0.1, 0.15) is 99.4 Å². The van der Waals surface area contributed by atoms with Gasteiger partial charge in [-0.1, -0.05) is 87.1 Å². The van der Waals surface area contributed by atoms with Crippen LogP contribution < -0.4 is 0 Å². The van der Waals surface area contributed by atoms with Crippen LogP contribution in [0.5, 0.6) is 0 Å². The molecule has 13 heteroatoms. The van der Waals surface area contributed by atoms with Crippen molar-refractivity contribution in [3.8, 4) is 0 Å². The molecule has 2 heterocycles. The number of hydrogen-bond donors (Lipinski definition) is 0. The molecule has 0 spiro atoms. The summed E-state index contributed by atoms with van der Waals surface area (Å²) >= 11 is 0. The van der Waals surface area contributed by atoms with Crippen LogP contribution in [0.2, 0.25) is 49.4 Å². The lowest BCUT2D eigenvalue weighted by atomic mass is 9.44. The first kappa shape index (κ1) is 46.6. The summed E-state index contributed by atoms with van der Waals surface area (Å²) < 4.78 is 57.8. The van der Waals surface area contributed by atoms with E-state index in [4.69, 9.17) is 37.0 Å². The summed E-state index contributed by atoms with van der Waals surface area (Å²) in [5.41, 5.74) is -1.55. The lowest BCUT2D eigenvalue weighted by molar-refractivity contribution is -0.358. The maximum Gasteiger partial charge on any atom is 0.338 e. The number of esters is 2. The van der Waals surface area contributed by atoms with Crippen molar-refractivity contribution in [2.75, 3.05) is 6.61 Å². The van der Waals surface area contributed by atoms with Crippen molar-refractivity contribution in [3.63, 3.8) is 0 Å². The largest absolute Gasteiger partial charge is 0.455 e. The van der Waals surface area contributed by atoms with Crippen molar-refractivity contribution >= 4 is 37.6 Å². The highest BCUT2D eigenvalue weighted by Crippen LogP contribution is 2.68. The molecule has 1 radical (unpaired) electrons. The zero-order valence-corrected chi connectivity index (χ0v) is 41.2. The Morgan fingerprint density at radius 3 is 2.02 bits per heavy atom. The van der Waals surface area contributed by atoms with Gasteiger partial charge in [-0.05, 0) is 85.6 Å². The van der Waals surface area contributed by atoms with E-state index in [0.29, 0.717) is 18.4 Å². The summed E-state index contributed by atoms with van der Waals surface area (Å²) in [6, 6.07) is 14.9. The molecule has 2 aliphatic heterocycles. The Morgan fingerprint density at radius 2 is 1.51 bits per heavy atom. The van der Waals surface area contributed by atoms with Gasteiger partial charge < -0.3 is 37.0 Å².